The maximum atomic E-state index is 13.0. The van der Waals surface area contributed by atoms with Crippen molar-refractivity contribution in [2.24, 2.45) is 7.05 Å². The molecule has 0 unspecified atom stereocenters. The third-order valence-electron chi connectivity index (χ3n) is 4.01. The molecule has 1 atom stereocenters. The Bertz CT molecular complexity index is 922. The summed E-state index contributed by atoms with van der Waals surface area (Å²) in [6.45, 7) is 3.24. The van der Waals surface area contributed by atoms with Gasteiger partial charge in [-0.15, -0.1) is 0 Å². The van der Waals surface area contributed by atoms with Crippen LogP contribution in [0.25, 0.3) is 0 Å². The number of nitrogens with zero attached hydrogens (tertiary/aromatic N) is 6. The van der Waals surface area contributed by atoms with Gasteiger partial charge in [0.05, 0.1) is 30.5 Å². The summed E-state index contributed by atoms with van der Waals surface area (Å²) < 4.78 is 14.9. The summed E-state index contributed by atoms with van der Waals surface area (Å²) in [5.74, 6) is 1.86. The zero-order valence-electron chi connectivity index (χ0n) is 14.4. The lowest BCUT2D eigenvalue weighted by Gasteiger charge is -2.15. The maximum absolute atomic E-state index is 13.0. The molecule has 0 amide bonds. The van der Waals surface area contributed by atoms with Crippen molar-refractivity contribution < 1.29 is 4.39 Å². The van der Waals surface area contributed by atoms with Gasteiger partial charge in [0, 0.05) is 31.9 Å². The van der Waals surface area contributed by atoms with Gasteiger partial charge in [-0.1, -0.05) is 0 Å². The molecule has 0 aliphatic carbocycles. The normalized spacial score (nSPS) is 14.1. The van der Waals surface area contributed by atoms with Gasteiger partial charge in [-0.05, 0) is 6.92 Å². The molecule has 0 fully saturated rings. The van der Waals surface area contributed by atoms with Crippen LogP contribution in [0.15, 0.2) is 24.9 Å². The maximum Gasteiger partial charge on any atom is 0.225 e. The zero-order chi connectivity index (χ0) is 18.1. The van der Waals surface area contributed by atoms with E-state index in [1.807, 2.05) is 24.7 Å². The molecule has 4 rings (SSSR count). The standard InChI is InChI=1S/C16H18FN9/c1-9(14-19-3-10(17)4-20-14)22-16-23-12-6-18-5-11(12)15(25-16)24-13-7-26(2)8-21-13/h3-4,7-9,18H,5-6H2,1-2H3,(H2,22,23,24,25)/t9-/m0/s1. The monoisotopic (exact) mass is 355 g/mol. The predicted octanol–water partition coefficient (Wildman–Crippen LogP) is 1.66. The highest BCUT2D eigenvalue weighted by Crippen LogP contribution is 2.26. The number of rotatable bonds is 5. The fraction of sp³-hybridized carbons (Fsp3) is 0.312. The Hall–Kier alpha value is -3.14. The molecule has 3 aromatic rings. The topological polar surface area (TPSA) is 105 Å². The summed E-state index contributed by atoms with van der Waals surface area (Å²) in [5.41, 5.74) is 1.94. The van der Waals surface area contributed by atoms with Gasteiger partial charge in [-0.3, -0.25) is 0 Å². The van der Waals surface area contributed by atoms with Crippen LogP contribution in [0.4, 0.5) is 22.0 Å². The van der Waals surface area contributed by atoms with Crippen molar-refractivity contribution >= 4 is 17.6 Å². The highest BCUT2D eigenvalue weighted by atomic mass is 19.1. The lowest BCUT2D eigenvalue weighted by Crippen LogP contribution is -2.14. The summed E-state index contributed by atoms with van der Waals surface area (Å²) >= 11 is 0. The van der Waals surface area contributed by atoms with E-state index in [0.717, 1.165) is 23.7 Å². The first kappa shape index (κ1) is 16.3. The molecule has 26 heavy (non-hydrogen) atoms. The summed E-state index contributed by atoms with van der Waals surface area (Å²) in [4.78, 5) is 21.4. The minimum absolute atomic E-state index is 0.272. The number of fused-ring (bicyclic) bond motifs is 1. The van der Waals surface area contributed by atoms with Gasteiger partial charge in [0.1, 0.15) is 17.5 Å². The molecule has 1 aliphatic heterocycles. The Morgan fingerprint density at radius 3 is 2.73 bits per heavy atom. The largest absolute Gasteiger partial charge is 0.344 e. The second-order valence-corrected chi connectivity index (χ2v) is 6.10. The Kier molecular flexibility index (Phi) is 4.17. The highest BCUT2D eigenvalue weighted by Gasteiger charge is 2.21. The highest BCUT2D eigenvalue weighted by molar-refractivity contribution is 5.59. The molecular weight excluding hydrogens is 337 g/mol. The molecule has 4 heterocycles. The average Bonchev–Trinajstić information content (AvgIpc) is 3.24. The number of aryl methyl sites for hydroxylation is 1. The molecule has 134 valence electrons. The molecule has 1 aliphatic rings. The number of halogens is 1. The van der Waals surface area contributed by atoms with Gasteiger partial charge in [-0.2, -0.15) is 4.98 Å². The zero-order valence-corrected chi connectivity index (χ0v) is 14.4. The van der Waals surface area contributed by atoms with Crippen molar-refractivity contribution in [2.75, 3.05) is 10.6 Å². The van der Waals surface area contributed by atoms with Crippen molar-refractivity contribution in [1.82, 2.24) is 34.8 Å². The Morgan fingerprint density at radius 1 is 1.19 bits per heavy atom. The van der Waals surface area contributed by atoms with Crippen LogP contribution < -0.4 is 16.0 Å². The first-order chi connectivity index (χ1) is 12.6. The van der Waals surface area contributed by atoms with Crippen molar-refractivity contribution in [3.8, 4) is 0 Å². The molecule has 0 radical (unpaired) electrons. The van der Waals surface area contributed by atoms with Crippen molar-refractivity contribution in [1.29, 1.82) is 0 Å². The number of imidazole rings is 1. The minimum atomic E-state index is -0.470. The van der Waals surface area contributed by atoms with E-state index >= 15 is 0 Å². The fourth-order valence-electron chi connectivity index (χ4n) is 2.74. The van der Waals surface area contributed by atoms with E-state index in [1.54, 1.807) is 6.33 Å². The second-order valence-electron chi connectivity index (χ2n) is 6.10. The first-order valence-corrected chi connectivity index (χ1v) is 8.18. The van der Waals surface area contributed by atoms with Crippen LogP contribution in [-0.4, -0.2) is 29.5 Å². The summed E-state index contributed by atoms with van der Waals surface area (Å²) in [7, 11) is 1.90. The van der Waals surface area contributed by atoms with Gasteiger partial charge in [0.25, 0.3) is 0 Å². The number of nitrogens with one attached hydrogen (secondary N) is 3. The van der Waals surface area contributed by atoms with Crippen LogP contribution in [0.2, 0.25) is 0 Å². The van der Waals surface area contributed by atoms with Crippen LogP contribution in [0.1, 0.15) is 30.0 Å². The molecule has 0 saturated heterocycles. The van der Waals surface area contributed by atoms with E-state index in [-0.39, 0.29) is 6.04 Å². The van der Waals surface area contributed by atoms with Crippen LogP contribution in [0.5, 0.6) is 0 Å². The smallest absolute Gasteiger partial charge is 0.225 e. The lowest BCUT2D eigenvalue weighted by atomic mass is 10.2. The molecule has 10 heteroatoms. The van der Waals surface area contributed by atoms with E-state index in [4.69, 9.17) is 0 Å². The molecule has 3 N–H and O–H groups in total. The van der Waals surface area contributed by atoms with Gasteiger partial charge in [-0.25, -0.2) is 24.3 Å². The number of anilines is 3. The van der Waals surface area contributed by atoms with Crippen LogP contribution in [0.3, 0.4) is 0 Å². The van der Waals surface area contributed by atoms with Crippen LogP contribution >= 0.6 is 0 Å². The fourth-order valence-corrected chi connectivity index (χ4v) is 2.74. The SMILES string of the molecule is C[C@H](Nc1nc2c(c(Nc3cn(C)cn3)n1)CNC2)c1ncc(F)cn1. The minimum Gasteiger partial charge on any atom is -0.344 e. The van der Waals surface area contributed by atoms with E-state index in [1.165, 1.54) is 0 Å². The molecule has 0 aromatic carbocycles. The Labute approximate surface area is 149 Å². The summed E-state index contributed by atoms with van der Waals surface area (Å²) in [6.07, 6.45) is 5.87. The molecule has 0 bridgehead atoms. The number of hydrogen-bond acceptors (Lipinski definition) is 8. The molecule has 9 nitrogen and oxygen atoms in total. The Morgan fingerprint density at radius 2 is 2.00 bits per heavy atom. The van der Waals surface area contributed by atoms with Gasteiger partial charge < -0.3 is 20.5 Å². The van der Waals surface area contributed by atoms with Gasteiger partial charge >= 0.3 is 0 Å². The van der Waals surface area contributed by atoms with Crippen LogP contribution in [0, 0.1) is 5.82 Å². The third-order valence-corrected chi connectivity index (χ3v) is 4.01. The third kappa shape index (κ3) is 3.31. The van der Waals surface area contributed by atoms with Gasteiger partial charge in [0.15, 0.2) is 5.82 Å². The quantitative estimate of drug-likeness (QED) is 0.635. The second kappa shape index (κ2) is 6.64. The lowest BCUT2D eigenvalue weighted by molar-refractivity contribution is 0.604. The molecule has 0 spiro atoms. The van der Waals surface area contributed by atoms with Crippen molar-refractivity contribution in [3.63, 3.8) is 0 Å². The van der Waals surface area contributed by atoms with E-state index in [0.29, 0.717) is 36.5 Å². The number of hydrogen-bond donors (Lipinski definition) is 3. The number of aromatic nitrogens is 6. The van der Waals surface area contributed by atoms with Crippen molar-refractivity contribution in [2.45, 2.75) is 26.1 Å². The van der Waals surface area contributed by atoms with E-state index in [2.05, 4.69) is 40.9 Å². The molecule has 0 saturated carbocycles. The van der Waals surface area contributed by atoms with E-state index in [9.17, 15) is 4.39 Å². The molecular formula is C16H18FN9. The summed E-state index contributed by atoms with van der Waals surface area (Å²) in [5, 5.41) is 9.69. The van der Waals surface area contributed by atoms with E-state index < -0.39 is 5.82 Å². The molecule has 3 aromatic heterocycles. The summed E-state index contributed by atoms with van der Waals surface area (Å²) in [6, 6.07) is -0.272. The van der Waals surface area contributed by atoms with Crippen molar-refractivity contribution in [3.05, 3.63) is 47.8 Å². The van der Waals surface area contributed by atoms with Gasteiger partial charge in [0.2, 0.25) is 5.95 Å². The average molecular weight is 355 g/mol. The van der Waals surface area contributed by atoms with Crippen LogP contribution in [-0.2, 0) is 20.1 Å². The first-order valence-electron chi connectivity index (χ1n) is 8.18. The predicted molar refractivity (Wildman–Crippen MR) is 93.1 cm³/mol. The Balaban J connectivity index is 1.60.